The van der Waals surface area contributed by atoms with Crippen LogP contribution in [-0.4, -0.2) is 35.0 Å². The van der Waals surface area contributed by atoms with E-state index in [2.05, 4.69) is 5.32 Å². The minimum Gasteiger partial charge on any atom is -0.508 e. The number of halogens is 1. The van der Waals surface area contributed by atoms with Crippen LogP contribution in [0.3, 0.4) is 0 Å². The van der Waals surface area contributed by atoms with Gasteiger partial charge in [-0.1, -0.05) is 24.3 Å². The summed E-state index contributed by atoms with van der Waals surface area (Å²) in [5.41, 5.74) is -1.17. The van der Waals surface area contributed by atoms with Gasteiger partial charge >= 0.3 is 5.97 Å². The van der Waals surface area contributed by atoms with E-state index in [9.17, 15) is 23.9 Å². The van der Waals surface area contributed by atoms with Crippen LogP contribution in [0.15, 0.2) is 71.3 Å². The number of furan rings is 1. The highest BCUT2D eigenvalue weighted by Crippen LogP contribution is 2.51. The zero-order valence-electron chi connectivity index (χ0n) is 18.8. The summed E-state index contributed by atoms with van der Waals surface area (Å²) in [5.74, 6) is -4.55. The fourth-order valence-corrected chi connectivity index (χ4v) is 5.20. The van der Waals surface area contributed by atoms with Gasteiger partial charge in [-0.05, 0) is 48.9 Å². The summed E-state index contributed by atoms with van der Waals surface area (Å²) in [6.07, 6.45) is 1.43. The van der Waals surface area contributed by atoms with Crippen molar-refractivity contribution in [2.45, 2.75) is 24.9 Å². The molecule has 3 heterocycles. The maximum atomic E-state index is 14.7. The second-order valence-corrected chi connectivity index (χ2v) is 8.64. The number of rotatable bonds is 6. The van der Waals surface area contributed by atoms with Crippen molar-refractivity contribution in [1.82, 2.24) is 5.32 Å². The topological polar surface area (TPSA) is 109 Å². The molecule has 2 fully saturated rings. The molecule has 0 saturated carbocycles. The van der Waals surface area contributed by atoms with Crippen molar-refractivity contribution in [3.63, 3.8) is 0 Å². The third kappa shape index (κ3) is 3.59. The molecule has 0 bridgehead atoms. The lowest BCUT2D eigenvalue weighted by atomic mass is 9.76. The maximum Gasteiger partial charge on any atom is 0.327 e. The van der Waals surface area contributed by atoms with Gasteiger partial charge in [0.25, 0.3) is 0 Å². The number of nitrogens with one attached hydrogen (secondary N) is 1. The highest BCUT2D eigenvalue weighted by molar-refractivity contribution is 6.24. The fourth-order valence-electron chi connectivity index (χ4n) is 5.20. The van der Waals surface area contributed by atoms with Crippen LogP contribution in [0.2, 0.25) is 0 Å². The van der Waals surface area contributed by atoms with Crippen LogP contribution in [0.5, 0.6) is 5.75 Å². The van der Waals surface area contributed by atoms with Gasteiger partial charge in [0.2, 0.25) is 11.8 Å². The number of para-hydroxylation sites is 1. The molecule has 2 aliphatic rings. The van der Waals surface area contributed by atoms with E-state index in [1.807, 2.05) is 0 Å². The number of hydrogen-bond donors (Lipinski definition) is 2. The lowest BCUT2D eigenvalue weighted by molar-refractivity contribution is -0.154. The number of ether oxygens (including phenoxy) is 1. The van der Waals surface area contributed by atoms with Crippen molar-refractivity contribution in [3.05, 3.63) is 84.1 Å². The standard InChI is InChI=1S/C26H23FN2O6/c1-2-34-25(33)26(14-15-9-11-16(30)12-10-15)21-20(22(28-26)19-8-5-13-35-19)23(31)29(24(21)32)18-7-4-3-6-17(18)27/h3-13,20-22,28,30H,2,14H2,1H3/t20-,21+,22-,26-/m1/s1. The zero-order valence-corrected chi connectivity index (χ0v) is 18.8. The zero-order chi connectivity index (χ0) is 24.7. The summed E-state index contributed by atoms with van der Waals surface area (Å²) >= 11 is 0. The second kappa shape index (κ2) is 8.66. The Kier molecular flexibility index (Phi) is 5.64. The van der Waals surface area contributed by atoms with Crippen LogP contribution in [-0.2, 0) is 25.5 Å². The molecule has 8 nitrogen and oxygen atoms in total. The Balaban J connectivity index is 1.67. The number of aromatic hydroxyl groups is 1. The van der Waals surface area contributed by atoms with Crippen LogP contribution < -0.4 is 10.2 Å². The first-order valence-corrected chi connectivity index (χ1v) is 11.3. The van der Waals surface area contributed by atoms with E-state index in [4.69, 9.17) is 9.15 Å². The van der Waals surface area contributed by atoms with E-state index >= 15 is 0 Å². The van der Waals surface area contributed by atoms with E-state index in [0.717, 1.165) is 4.90 Å². The maximum absolute atomic E-state index is 14.7. The van der Waals surface area contributed by atoms with Crippen molar-refractivity contribution < 1.29 is 33.0 Å². The Morgan fingerprint density at radius 2 is 1.86 bits per heavy atom. The van der Waals surface area contributed by atoms with Crippen LogP contribution in [0.25, 0.3) is 0 Å². The summed E-state index contributed by atoms with van der Waals surface area (Å²) in [4.78, 5) is 41.9. The molecule has 9 heteroatoms. The van der Waals surface area contributed by atoms with Crippen molar-refractivity contribution in [1.29, 1.82) is 0 Å². The Bertz CT molecular complexity index is 1280. The molecule has 2 N–H and O–H groups in total. The molecule has 2 saturated heterocycles. The van der Waals surface area contributed by atoms with Crippen molar-refractivity contribution in [2.75, 3.05) is 11.5 Å². The van der Waals surface area contributed by atoms with Crippen molar-refractivity contribution in [2.24, 2.45) is 11.8 Å². The fraction of sp³-hybridized carbons (Fsp3) is 0.269. The number of fused-ring (bicyclic) bond motifs is 1. The molecular formula is C26H23FN2O6. The minimum atomic E-state index is -1.64. The average molecular weight is 478 g/mol. The van der Waals surface area contributed by atoms with E-state index in [-0.39, 0.29) is 24.5 Å². The summed E-state index contributed by atoms with van der Waals surface area (Å²) in [5, 5.41) is 12.9. The van der Waals surface area contributed by atoms with Crippen molar-refractivity contribution in [3.8, 4) is 5.75 Å². The minimum absolute atomic E-state index is 0.00534. The first-order chi connectivity index (χ1) is 16.9. The smallest absolute Gasteiger partial charge is 0.327 e. The van der Waals surface area contributed by atoms with Crippen LogP contribution >= 0.6 is 0 Å². The SMILES string of the molecule is CCOC(=O)[C@]1(Cc2ccc(O)cc2)N[C@H](c2ccco2)[C@@H]2C(=O)N(c3ccccc3F)C(=O)[C@H]21. The molecule has 0 aliphatic carbocycles. The third-order valence-corrected chi connectivity index (χ3v) is 6.66. The molecule has 0 spiro atoms. The summed E-state index contributed by atoms with van der Waals surface area (Å²) in [6, 6.07) is 14.2. The second-order valence-electron chi connectivity index (χ2n) is 8.64. The number of carbonyl (C=O) groups excluding carboxylic acids is 3. The van der Waals surface area contributed by atoms with Gasteiger partial charge in [0, 0.05) is 6.42 Å². The van der Waals surface area contributed by atoms with E-state index < -0.39 is 47.0 Å². The molecule has 2 aromatic carbocycles. The largest absolute Gasteiger partial charge is 0.508 e. The lowest BCUT2D eigenvalue weighted by Crippen LogP contribution is -2.58. The summed E-state index contributed by atoms with van der Waals surface area (Å²) < 4.78 is 25.7. The van der Waals surface area contributed by atoms with Gasteiger partial charge < -0.3 is 14.3 Å². The van der Waals surface area contributed by atoms with Crippen LogP contribution in [0, 0.1) is 17.7 Å². The molecule has 2 aliphatic heterocycles. The number of nitrogens with zero attached hydrogens (tertiary/aromatic N) is 1. The summed E-state index contributed by atoms with van der Waals surface area (Å²) in [7, 11) is 0. The molecule has 180 valence electrons. The molecule has 35 heavy (non-hydrogen) atoms. The number of anilines is 1. The number of amides is 2. The van der Waals surface area contributed by atoms with Gasteiger partial charge in [-0.25, -0.2) is 9.29 Å². The Morgan fingerprint density at radius 3 is 2.51 bits per heavy atom. The van der Waals surface area contributed by atoms with Gasteiger partial charge in [0.1, 0.15) is 22.9 Å². The van der Waals surface area contributed by atoms with Gasteiger partial charge in [-0.3, -0.25) is 19.7 Å². The molecular weight excluding hydrogens is 455 g/mol. The quantitative estimate of drug-likeness (QED) is 0.414. The molecule has 0 radical (unpaired) electrons. The molecule has 0 unspecified atom stereocenters. The van der Waals surface area contributed by atoms with E-state index in [0.29, 0.717) is 11.3 Å². The van der Waals surface area contributed by atoms with Crippen LogP contribution in [0.1, 0.15) is 24.3 Å². The third-order valence-electron chi connectivity index (χ3n) is 6.66. The number of hydrogen-bond acceptors (Lipinski definition) is 7. The average Bonchev–Trinajstić information content (AvgIpc) is 3.54. The number of imide groups is 1. The molecule has 1 aromatic heterocycles. The highest BCUT2D eigenvalue weighted by Gasteiger charge is 2.69. The first-order valence-electron chi connectivity index (χ1n) is 11.3. The first kappa shape index (κ1) is 22.8. The predicted molar refractivity (Wildman–Crippen MR) is 122 cm³/mol. The number of carbonyl (C=O) groups is 3. The molecule has 4 atom stereocenters. The summed E-state index contributed by atoms with van der Waals surface area (Å²) in [6.45, 7) is 1.70. The van der Waals surface area contributed by atoms with E-state index in [1.54, 1.807) is 31.2 Å². The van der Waals surface area contributed by atoms with Gasteiger partial charge in [-0.2, -0.15) is 0 Å². The van der Waals surface area contributed by atoms with Crippen LogP contribution in [0.4, 0.5) is 10.1 Å². The normalized spacial score (nSPS) is 25.7. The Hall–Kier alpha value is -3.98. The molecule has 5 rings (SSSR count). The van der Waals surface area contributed by atoms with Crippen molar-refractivity contribution >= 4 is 23.5 Å². The Labute approximate surface area is 200 Å². The lowest BCUT2D eigenvalue weighted by Gasteiger charge is -2.33. The Morgan fingerprint density at radius 1 is 1.11 bits per heavy atom. The van der Waals surface area contributed by atoms with Gasteiger partial charge in [0.15, 0.2) is 0 Å². The number of phenolic OH excluding ortho intramolecular Hbond substituents is 1. The van der Waals surface area contributed by atoms with Gasteiger partial charge in [-0.15, -0.1) is 0 Å². The number of benzene rings is 2. The molecule has 3 aromatic rings. The monoisotopic (exact) mass is 478 g/mol. The highest BCUT2D eigenvalue weighted by atomic mass is 19.1. The predicted octanol–water partition coefficient (Wildman–Crippen LogP) is 3.12. The molecule has 2 amide bonds. The van der Waals surface area contributed by atoms with E-state index in [1.165, 1.54) is 42.7 Å². The number of phenols is 1. The van der Waals surface area contributed by atoms with Gasteiger partial charge in [0.05, 0.1) is 36.4 Å². The number of esters is 1.